The molecule has 0 spiro atoms. The Morgan fingerprint density at radius 1 is 1.38 bits per heavy atom. The highest BCUT2D eigenvalue weighted by atomic mass is 16.1. The summed E-state index contributed by atoms with van der Waals surface area (Å²) in [5, 5.41) is 3.08. The summed E-state index contributed by atoms with van der Waals surface area (Å²) in [6.45, 7) is 4.88. The van der Waals surface area contributed by atoms with Gasteiger partial charge in [0.1, 0.15) is 11.3 Å². The molecule has 3 heterocycles. The molecule has 0 unspecified atom stereocenters. The molecule has 0 aliphatic carbocycles. The molecular formula is C16H22N4O. The summed E-state index contributed by atoms with van der Waals surface area (Å²) in [7, 11) is 2.15. The standard InChI is InChI=1S/C16H22N4O/c1-12-15(20-8-4-3-5-14(20)18-12)16(21)17-11-13-6-9-19(2)10-7-13/h3-5,8,13H,6-7,9-11H2,1-2H3,(H,17,21). The van der Waals surface area contributed by atoms with Gasteiger partial charge < -0.3 is 10.2 Å². The number of aromatic nitrogens is 2. The minimum absolute atomic E-state index is 0.0230. The van der Waals surface area contributed by atoms with E-state index in [1.165, 1.54) is 0 Å². The highest BCUT2D eigenvalue weighted by Gasteiger charge is 2.20. The van der Waals surface area contributed by atoms with Crippen LogP contribution < -0.4 is 5.32 Å². The van der Waals surface area contributed by atoms with Crippen LogP contribution in [-0.4, -0.2) is 46.9 Å². The molecule has 1 amide bonds. The molecule has 0 bridgehead atoms. The monoisotopic (exact) mass is 286 g/mol. The Hall–Kier alpha value is -1.88. The molecule has 1 fully saturated rings. The number of hydrogen-bond donors (Lipinski definition) is 1. The predicted molar refractivity (Wildman–Crippen MR) is 82.5 cm³/mol. The molecule has 0 saturated carbocycles. The molecule has 2 aromatic rings. The van der Waals surface area contributed by atoms with Crippen molar-refractivity contribution in [2.24, 2.45) is 5.92 Å². The van der Waals surface area contributed by atoms with Gasteiger partial charge in [-0.1, -0.05) is 6.07 Å². The molecule has 5 nitrogen and oxygen atoms in total. The predicted octanol–water partition coefficient (Wildman–Crippen LogP) is 1.71. The number of rotatable bonds is 3. The number of piperidine rings is 1. The van der Waals surface area contributed by atoms with Crippen molar-refractivity contribution in [3.63, 3.8) is 0 Å². The fraction of sp³-hybridized carbons (Fsp3) is 0.500. The van der Waals surface area contributed by atoms with Crippen LogP contribution >= 0.6 is 0 Å². The van der Waals surface area contributed by atoms with E-state index in [1.807, 2.05) is 35.7 Å². The van der Waals surface area contributed by atoms with Gasteiger partial charge >= 0.3 is 0 Å². The number of amides is 1. The summed E-state index contributed by atoms with van der Waals surface area (Å²) in [6, 6.07) is 5.77. The molecule has 1 saturated heterocycles. The first-order chi connectivity index (χ1) is 10.1. The van der Waals surface area contributed by atoms with Gasteiger partial charge in [0, 0.05) is 12.7 Å². The maximum atomic E-state index is 12.5. The van der Waals surface area contributed by atoms with Gasteiger partial charge in [-0.25, -0.2) is 4.98 Å². The number of pyridine rings is 1. The van der Waals surface area contributed by atoms with E-state index < -0.39 is 0 Å². The Labute approximate surface area is 125 Å². The van der Waals surface area contributed by atoms with Crippen molar-refractivity contribution in [2.75, 3.05) is 26.7 Å². The molecule has 112 valence electrons. The van der Waals surface area contributed by atoms with Crippen LogP contribution in [-0.2, 0) is 0 Å². The van der Waals surface area contributed by atoms with Crippen molar-refractivity contribution < 1.29 is 4.79 Å². The minimum Gasteiger partial charge on any atom is -0.350 e. The molecule has 0 aromatic carbocycles. The smallest absolute Gasteiger partial charge is 0.270 e. The van der Waals surface area contributed by atoms with Crippen molar-refractivity contribution >= 4 is 11.6 Å². The first kappa shape index (κ1) is 14.1. The third-order valence-corrected chi connectivity index (χ3v) is 4.31. The molecule has 0 atom stereocenters. The fourth-order valence-electron chi connectivity index (χ4n) is 2.97. The molecular weight excluding hydrogens is 264 g/mol. The summed E-state index contributed by atoms with van der Waals surface area (Å²) in [4.78, 5) is 19.2. The van der Waals surface area contributed by atoms with Crippen LogP contribution in [0.5, 0.6) is 0 Å². The number of fused-ring (bicyclic) bond motifs is 1. The Morgan fingerprint density at radius 3 is 2.90 bits per heavy atom. The zero-order chi connectivity index (χ0) is 14.8. The van der Waals surface area contributed by atoms with Crippen molar-refractivity contribution in [3.8, 4) is 0 Å². The lowest BCUT2D eigenvalue weighted by molar-refractivity contribution is 0.0932. The number of carbonyl (C=O) groups excluding carboxylic acids is 1. The third-order valence-electron chi connectivity index (χ3n) is 4.31. The van der Waals surface area contributed by atoms with Crippen LogP contribution in [0.3, 0.4) is 0 Å². The number of hydrogen-bond acceptors (Lipinski definition) is 3. The van der Waals surface area contributed by atoms with Gasteiger partial charge in [-0.05, 0) is 58.0 Å². The van der Waals surface area contributed by atoms with Crippen molar-refractivity contribution in [3.05, 3.63) is 35.8 Å². The van der Waals surface area contributed by atoms with Gasteiger partial charge in [-0.3, -0.25) is 9.20 Å². The topological polar surface area (TPSA) is 49.6 Å². The van der Waals surface area contributed by atoms with Gasteiger partial charge in [0.15, 0.2) is 0 Å². The second kappa shape index (κ2) is 5.85. The van der Waals surface area contributed by atoms with Crippen LogP contribution in [0.15, 0.2) is 24.4 Å². The highest BCUT2D eigenvalue weighted by molar-refractivity contribution is 5.94. The third kappa shape index (κ3) is 2.93. The molecule has 1 aliphatic rings. The molecule has 1 aliphatic heterocycles. The second-order valence-electron chi connectivity index (χ2n) is 5.93. The second-order valence-corrected chi connectivity index (χ2v) is 5.93. The summed E-state index contributed by atoms with van der Waals surface area (Å²) in [6.07, 6.45) is 4.20. The SMILES string of the molecule is Cc1nc2ccccn2c1C(=O)NCC1CCN(C)CC1. The Bertz CT molecular complexity index is 641. The van der Waals surface area contributed by atoms with Gasteiger partial charge in [-0.15, -0.1) is 0 Å². The summed E-state index contributed by atoms with van der Waals surface area (Å²) >= 11 is 0. The maximum Gasteiger partial charge on any atom is 0.270 e. The Balaban J connectivity index is 1.68. The zero-order valence-electron chi connectivity index (χ0n) is 12.7. The number of nitrogens with one attached hydrogen (secondary N) is 1. The molecule has 1 N–H and O–H groups in total. The summed E-state index contributed by atoms with van der Waals surface area (Å²) < 4.78 is 1.86. The lowest BCUT2D eigenvalue weighted by atomic mass is 9.97. The van der Waals surface area contributed by atoms with E-state index in [-0.39, 0.29) is 5.91 Å². The van der Waals surface area contributed by atoms with Crippen molar-refractivity contribution in [1.82, 2.24) is 19.6 Å². The summed E-state index contributed by atoms with van der Waals surface area (Å²) in [5.74, 6) is 0.565. The first-order valence-electron chi connectivity index (χ1n) is 7.55. The van der Waals surface area contributed by atoms with Gasteiger partial charge in [0.25, 0.3) is 5.91 Å². The van der Waals surface area contributed by atoms with Gasteiger partial charge in [-0.2, -0.15) is 0 Å². The number of aryl methyl sites for hydroxylation is 1. The normalized spacial score (nSPS) is 17.2. The van der Waals surface area contributed by atoms with E-state index in [2.05, 4.69) is 22.2 Å². The minimum atomic E-state index is -0.0230. The Kier molecular flexibility index (Phi) is 3.92. The largest absolute Gasteiger partial charge is 0.350 e. The van der Waals surface area contributed by atoms with E-state index in [1.54, 1.807) is 0 Å². The van der Waals surface area contributed by atoms with Gasteiger partial charge in [0.05, 0.1) is 5.69 Å². The summed E-state index contributed by atoms with van der Waals surface area (Å²) in [5.41, 5.74) is 2.25. The quantitative estimate of drug-likeness (QED) is 0.934. The number of nitrogens with zero attached hydrogens (tertiary/aromatic N) is 3. The molecule has 3 rings (SSSR count). The average molecular weight is 286 g/mol. The van der Waals surface area contributed by atoms with Crippen LogP contribution in [0.4, 0.5) is 0 Å². The van der Waals surface area contributed by atoms with E-state index in [9.17, 15) is 4.79 Å². The van der Waals surface area contributed by atoms with Crippen LogP contribution in [0.1, 0.15) is 29.0 Å². The average Bonchev–Trinajstić information content (AvgIpc) is 2.82. The van der Waals surface area contributed by atoms with Crippen LogP contribution in [0.25, 0.3) is 5.65 Å². The molecule has 2 aromatic heterocycles. The van der Waals surface area contributed by atoms with Gasteiger partial charge in [0.2, 0.25) is 0 Å². The van der Waals surface area contributed by atoms with E-state index in [4.69, 9.17) is 0 Å². The number of imidazole rings is 1. The van der Waals surface area contributed by atoms with E-state index >= 15 is 0 Å². The number of carbonyl (C=O) groups is 1. The van der Waals surface area contributed by atoms with Crippen molar-refractivity contribution in [2.45, 2.75) is 19.8 Å². The highest BCUT2D eigenvalue weighted by Crippen LogP contribution is 2.16. The van der Waals surface area contributed by atoms with E-state index in [0.29, 0.717) is 11.6 Å². The Morgan fingerprint density at radius 2 is 2.14 bits per heavy atom. The fourth-order valence-corrected chi connectivity index (χ4v) is 2.97. The van der Waals surface area contributed by atoms with Crippen LogP contribution in [0.2, 0.25) is 0 Å². The van der Waals surface area contributed by atoms with Crippen LogP contribution in [0, 0.1) is 12.8 Å². The lowest BCUT2D eigenvalue weighted by Gasteiger charge is -2.28. The molecule has 21 heavy (non-hydrogen) atoms. The number of likely N-dealkylation sites (tertiary alicyclic amines) is 1. The first-order valence-corrected chi connectivity index (χ1v) is 7.55. The zero-order valence-corrected chi connectivity index (χ0v) is 12.7. The maximum absolute atomic E-state index is 12.5. The molecule has 5 heteroatoms. The lowest BCUT2D eigenvalue weighted by Crippen LogP contribution is -2.37. The van der Waals surface area contributed by atoms with E-state index in [0.717, 1.165) is 43.8 Å². The molecule has 0 radical (unpaired) electrons. The van der Waals surface area contributed by atoms with Crippen molar-refractivity contribution in [1.29, 1.82) is 0 Å².